The van der Waals surface area contributed by atoms with E-state index in [1.54, 1.807) is 0 Å². The van der Waals surface area contributed by atoms with E-state index in [1.165, 1.54) is 12.1 Å². The van der Waals surface area contributed by atoms with Gasteiger partial charge in [-0.15, -0.1) is 0 Å². The zero-order valence-electron chi connectivity index (χ0n) is 29.8. The molecule has 0 unspecified atom stereocenters. The smallest absolute Gasteiger partial charge is 0.303 e. The van der Waals surface area contributed by atoms with Crippen molar-refractivity contribution >= 4 is 47.3 Å². The van der Waals surface area contributed by atoms with Crippen LogP contribution in [0.1, 0.15) is 48.5 Å². The quantitative estimate of drug-likeness (QED) is 0.107. The van der Waals surface area contributed by atoms with E-state index in [0.29, 0.717) is 0 Å². The van der Waals surface area contributed by atoms with Gasteiger partial charge in [0.25, 0.3) is 5.69 Å². The zero-order valence-corrected chi connectivity index (χ0v) is 29.8. The summed E-state index contributed by atoms with van der Waals surface area (Å²) in [5.41, 5.74) is -0.254. The first-order valence-electron chi connectivity index (χ1n) is 16.1. The molecule has 2 saturated heterocycles. The highest BCUT2D eigenvalue weighted by Gasteiger charge is 2.56. The summed E-state index contributed by atoms with van der Waals surface area (Å²) in [5.74, 6) is -5.45. The van der Waals surface area contributed by atoms with Crippen LogP contribution in [0.25, 0.3) is 0 Å². The summed E-state index contributed by atoms with van der Waals surface area (Å²) in [6, 6.07) is 1.92. The number of non-ortho nitro benzene ring substituents is 1. The number of hydrogen-bond donors (Lipinski definition) is 2. The van der Waals surface area contributed by atoms with Crippen molar-refractivity contribution in [2.45, 2.75) is 110 Å². The minimum atomic E-state index is -1.72. The molecule has 2 heterocycles. The highest BCUT2D eigenvalue weighted by Crippen LogP contribution is 2.34. The molecule has 0 spiro atoms. The molecule has 53 heavy (non-hydrogen) atoms. The van der Waals surface area contributed by atoms with Crippen molar-refractivity contribution in [1.29, 1.82) is 0 Å². The van der Waals surface area contributed by atoms with E-state index >= 15 is 0 Å². The Morgan fingerprint density at radius 2 is 1.04 bits per heavy atom. The number of nitro groups is 1. The lowest BCUT2D eigenvalue weighted by Crippen LogP contribution is -2.71. The first-order chi connectivity index (χ1) is 24.9. The monoisotopic (exact) mass is 755 g/mol. The summed E-state index contributed by atoms with van der Waals surface area (Å²) in [5, 5.41) is 16.3. The van der Waals surface area contributed by atoms with Gasteiger partial charge < -0.3 is 53.3 Å². The summed E-state index contributed by atoms with van der Waals surface area (Å²) >= 11 is 0. The molecule has 2 aliphatic rings. The van der Waals surface area contributed by atoms with Crippen molar-refractivity contribution in [2.75, 3.05) is 13.2 Å². The third-order valence-electron chi connectivity index (χ3n) is 7.43. The molecule has 292 valence electrons. The van der Waals surface area contributed by atoms with Gasteiger partial charge in [-0.05, 0) is 12.1 Å². The van der Waals surface area contributed by atoms with Gasteiger partial charge in [0.1, 0.15) is 49.4 Å². The van der Waals surface area contributed by atoms with E-state index in [-0.39, 0.29) is 11.4 Å². The van der Waals surface area contributed by atoms with E-state index in [1.807, 2.05) is 0 Å². The maximum absolute atomic E-state index is 12.6. The molecular formula is C32H41N3O18. The van der Waals surface area contributed by atoms with Crippen LogP contribution in [0.2, 0.25) is 0 Å². The maximum atomic E-state index is 12.6. The molecule has 0 bridgehead atoms. The van der Waals surface area contributed by atoms with E-state index in [0.717, 1.165) is 60.6 Å². The summed E-state index contributed by atoms with van der Waals surface area (Å²) in [6.45, 7) is 6.47. The van der Waals surface area contributed by atoms with Crippen molar-refractivity contribution in [3.63, 3.8) is 0 Å². The molecule has 21 heteroatoms. The van der Waals surface area contributed by atoms with Crippen LogP contribution < -0.4 is 15.4 Å². The lowest BCUT2D eigenvalue weighted by molar-refractivity contribution is -0.384. The Balaban J connectivity index is 2.16. The fourth-order valence-corrected chi connectivity index (χ4v) is 5.56. The molecule has 2 aliphatic heterocycles. The SMILES string of the molecule is CC(=O)N[C@H]1[C@H](Oc2ccc([N+](=O)[O-])cc2)O[C@H](COC(C)=O)[C@H](O[C@@H]2O[C@H](COC(C)=O)[C@@H](OC(C)=O)[C@H](OC(C)=O)[C@H]2NC(C)=O)[C@@H]1OC(C)=O. The average Bonchev–Trinajstić information content (AvgIpc) is 3.03. The second-order valence-electron chi connectivity index (χ2n) is 11.8. The normalized spacial score (nSPS) is 27.9. The first-order valence-corrected chi connectivity index (χ1v) is 16.1. The molecule has 2 amide bonds. The topological polar surface area (TPSA) is 270 Å². The van der Waals surface area contributed by atoms with Crippen LogP contribution in [0.5, 0.6) is 5.75 Å². The second-order valence-corrected chi connectivity index (χ2v) is 11.8. The van der Waals surface area contributed by atoms with Crippen molar-refractivity contribution in [3.8, 4) is 5.75 Å². The Hall–Kier alpha value is -5.41. The van der Waals surface area contributed by atoms with Crippen molar-refractivity contribution < 1.29 is 81.1 Å². The predicted octanol–water partition coefficient (Wildman–Crippen LogP) is -0.261. The molecule has 1 aromatic rings. The number of benzene rings is 1. The van der Waals surface area contributed by atoms with Gasteiger partial charge in [0, 0.05) is 60.6 Å². The number of carbonyl (C=O) groups excluding carboxylic acids is 7. The molecule has 0 aromatic heterocycles. The molecule has 3 rings (SSSR count). The molecule has 0 saturated carbocycles. The number of rotatable bonds is 14. The highest BCUT2D eigenvalue weighted by atomic mass is 16.7. The van der Waals surface area contributed by atoms with E-state index in [2.05, 4.69) is 10.6 Å². The number of esters is 5. The molecule has 0 radical (unpaired) electrons. The first kappa shape index (κ1) is 42.0. The van der Waals surface area contributed by atoms with Gasteiger partial charge in [0.2, 0.25) is 18.1 Å². The summed E-state index contributed by atoms with van der Waals surface area (Å²) in [7, 11) is 0. The van der Waals surface area contributed by atoms with Crippen LogP contribution in [-0.2, 0) is 71.5 Å². The van der Waals surface area contributed by atoms with Crippen LogP contribution in [0.15, 0.2) is 24.3 Å². The molecular weight excluding hydrogens is 714 g/mol. The Labute approximate surface area is 302 Å². The molecule has 1 aromatic carbocycles. The van der Waals surface area contributed by atoms with Gasteiger partial charge >= 0.3 is 29.8 Å². The van der Waals surface area contributed by atoms with Crippen LogP contribution >= 0.6 is 0 Å². The average molecular weight is 756 g/mol. The molecule has 2 N–H and O–H groups in total. The van der Waals surface area contributed by atoms with Crippen molar-refractivity contribution in [1.82, 2.24) is 10.6 Å². The van der Waals surface area contributed by atoms with Gasteiger partial charge in [-0.1, -0.05) is 0 Å². The molecule has 21 nitrogen and oxygen atoms in total. The largest absolute Gasteiger partial charge is 0.463 e. The van der Waals surface area contributed by atoms with Gasteiger partial charge in [-0.25, -0.2) is 0 Å². The second kappa shape index (κ2) is 18.9. The fourth-order valence-electron chi connectivity index (χ4n) is 5.56. The Bertz CT molecular complexity index is 1540. The number of nitrogens with zero attached hydrogens (tertiary/aromatic N) is 1. The standard InChI is InChI=1S/C32H41N3O18/c1-14(36)33-25-30(49-20(7)42)28(24(13-46-17(4)39)51-31(25)50-22-10-8-21(9-11-22)35(43)44)53-32-26(34-15(2)37)29(48-19(6)41)27(47-18(5)40)23(52-32)12-45-16(3)38/h8-11,23-32H,12-13H2,1-7H3,(H,33,36)(H,34,37)/t23-,24-,25-,26-,27-,28+,29-,30-,31-,32+/m1/s1. The number of nitro benzene ring substituents is 1. The number of nitrogens with one attached hydrogen (secondary N) is 2. The van der Waals surface area contributed by atoms with Gasteiger partial charge in [-0.2, -0.15) is 0 Å². The molecule has 10 atom stereocenters. The summed E-state index contributed by atoms with van der Waals surface area (Å²) in [6.07, 6.45) is -12.2. The van der Waals surface area contributed by atoms with Crippen molar-refractivity contribution in [3.05, 3.63) is 34.4 Å². The Kier molecular flexibility index (Phi) is 15.0. The maximum Gasteiger partial charge on any atom is 0.303 e. The van der Waals surface area contributed by atoms with E-state index < -0.39 is 121 Å². The lowest BCUT2D eigenvalue weighted by Gasteiger charge is -2.49. The number of hydrogen-bond acceptors (Lipinski definition) is 18. The predicted molar refractivity (Wildman–Crippen MR) is 171 cm³/mol. The number of carbonyl (C=O) groups is 7. The van der Waals surface area contributed by atoms with E-state index in [4.69, 9.17) is 42.6 Å². The van der Waals surface area contributed by atoms with E-state index in [9.17, 15) is 43.7 Å². The van der Waals surface area contributed by atoms with Gasteiger partial charge in [-0.3, -0.25) is 43.7 Å². The van der Waals surface area contributed by atoms with Crippen LogP contribution in [-0.4, -0.2) is 121 Å². The van der Waals surface area contributed by atoms with Crippen molar-refractivity contribution in [2.24, 2.45) is 0 Å². The van der Waals surface area contributed by atoms with Gasteiger partial charge in [0.15, 0.2) is 24.6 Å². The van der Waals surface area contributed by atoms with Crippen LogP contribution in [0.4, 0.5) is 5.69 Å². The number of ether oxygens (including phenoxy) is 9. The highest BCUT2D eigenvalue weighted by molar-refractivity contribution is 5.74. The third-order valence-corrected chi connectivity index (χ3v) is 7.43. The van der Waals surface area contributed by atoms with Gasteiger partial charge in [0.05, 0.1) is 4.92 Å². The minimum absolute atomic E-state index is 0.0264. The Morgan fingerprint density at radius 1 is 0.623 bits per heavy atom. The molecule has 2 fully saturated rings. The lowest BCUT2D eigenvalue weighted by atomic mass is 9.94. The molecule has 0 aliphatic carbocycles. The van der Waals surface area contributed by atoms with Crippen LogP contribution in [0, 0.1) is 10.1 Å². The number of amides is 2. The Morgan fingerprint density at radius 3 is 1.47 bits per heavy atom. The van der Waals surface area contributed by atoms with Crippen LogP contribution in [0.3, 0.4) is 0 Å². The fraction of sp³-hybridized carbons (Fsp3) is 0.594. The third kappa shape index (κ3) is 12.4. The summed E-state index contributed by atoms with van der Waals surface area (Å²) in [4.78, 5) is 96.5. The zero-order chi connectivity index (χ0) is 39.6. The minimum Gasteiger partial charge on any atom is -0.463 e. The summed E-state index contributed by atoms with van der Waals surface area (Å²) < 4.78 is 51.6.